The maximum absolute atomic E-state index is 13.2. The van der Waals surface area contributed by atoms with Crippen LogP contribution in [0.15, 0.2) is 61.2 Å². The first-order chi connectivity index (χ1) is 19.8. The van der Waals surface area contributed by atoms with E-state index in [4.69, 9.17) is 19.9 Å². The molecule has 1 fully saturated rings. The quantitative estimate of drug-likeness (QED) is 0.183. The zero-order chi connectivity index (χ0) is 29.4. The first-order valence-corrected chi connectivity index (χ1v) is 13.1. The van der Waals surface area contributed by atoms with E-state index in [0.717, 1.165) is 18.4 Å². The Morgan fingerprint density at radius 1 is 1.07 bits per heavy atom. The second kappa shape index (κ2) is 13.5. The van der Waals surface area contributed by atoms with Crippen molar-refractivity contribution in [3.05, 3.63) is 89.3 Å². The molecule has 1 aliphatic carbocycles. The number of nitrogens with two attached hydrogens (primary N) is 1. The number of esters is 2. The zero-order valence-corrected chi connectivity index (χ0v) is 22.6. The van der Waals surface area contributed by atoms with Crippen LogP contribution in [0.1, 0.15) is 55.3 Å². The van der Waals surface area contributed by atoms with E-state index in [2.05, 4.69) is 16.9 Å². The molecule has 2 aromatic carbocycles. The predicted octanol–water partition coefficient (Wildman–Crippen LogP) is 3.58. The van der Waals surface area contributed by atoms with Gasteiger partial charge in [-0.1, -0.05) is 43.0 Å². The molecule has 1 aliphatic rings. The number of hydrogen-bond acceptors (Lipinski definition) is 9. The number of carbonyl (C=O) groups excluding carboxylic acids is 4. The summed E-state index contributed by atoms with van der Waals surface area (Å²) in [4.78, 5) is 54.6. The van der Waals surface area contributed by atoms with Gasteiger partial charge >= 0.3 is 11.9 Å². The highest BCUT2D eigenvalue weighted by molar-refractivity contribution is 6.01. The smallest absolute Gasteiger partial charge is 0.360 e. The number of methoxy groups -OCH3 is 1. The van der Waals surface area contributed by atoms with Gasteiger partial charge in [0, 0.05) is 23.2 Å². The Labute approximate surface area is 237 Å². The van der Waals surface area contributed by atoms with Crippen molar-refractivity contribution in [2.24, 2.45) is 11.7 Å². The molecule has 3 N–H and O–H groups in total. The number of pyridine rings is 1. The molecule has 1 saturated carbocycles. The molecular weight excluding hydrogens is 526 g/mol. The lowest BCUT2D eigenvalue weighted by molar-refractivity contribution is -0.153. The minimum absolute atomic E-state index is 0.00874. The van der Waals surface area contributed by atoms with Crippen LogP contribution in [0, 0.1) is 5.92 Å². The summed E-state index contributed by atoms with van der Waals surface area (Å²) in [6.07, 6.45) is 4.51. The van der Waals surface area contributed by atoms with Gasteiger partial charge in [0.15, 0.2) is 12.0 Å². The van der Waals surface area contributed by atoms with E-state index in [-0.39, 0.29) is 28.9 Å². The standard InChI is InChI=1S/C31H31N3O7/c1-3-21-14-22(17-35)24(15-27(21)39-2)23-11-12-26(29(36)33-16-20-9-10-20)34-28(23)31(38)41-18-40-30(37)25(32)13-19-7-5-4-6-8-19/h3-8,11-12,14-15,17,20,25H,1,9-10,13,16,18,32H2,2H3,(H,33,36). The summed E-state index contributed by atoms with van der Waals surface area (Å²) in [6, 6.07) is 14.3. The fourth-order valence-electron chi connectivity index (χ4n) is 4.16. The van der Waals surface area contributed by atoms with Crippen molar-refractivity contribution >= 4 is 30.2 Å². The van der Waals surface area contributed by atoms with E-state index in [9.17, 15) is 19.2 Å². The second-order valence-electron chi connectivity index (χ2n) is 9.56. The van der Waals surface area contributed by atoms with Gasteiger partial charge in [-0.25, -0.2) is 9.78 Å². The number of benzene rings is 2. The van der Waals surface area contributed by atoms with Crippen LogP contribution in [0.4, 0.5) is 0 Å². The number of carbonyl (C=O) groups is 4. The van der Waals surface area contributed by atoms with Crippen LogP contribution < -0.4 is 15.8 Å². The van der Waals surface area contributed by atoms with Crippen molar-refractivity contribution in [1.82, 2.24) is 10.3 Å². The summed E-state index contributed by atoms with van der Waals surface area (Å²) < 4.78 is 15.7. The van der Waals surface area contributed by atoms with Crippen LogP contribution in [-0.4, -0.2) is 55.6 Å². The summed E-state index contributed by atoms with van der Waals surface area (Å²) in [7, 11) is 1.46. The monoisotopic (exact) mass is 557 g/mol. The molecule has 0 saturated heterocycles. The van der Waals surface area contributed by atoms with Crippen molar-refractivity contribution in [3.63, 3.8) is 0 Å². The minimum Gasteiger partial charge on any atom is -0.496 e. The van der Waals surface area contributed by atoms with Crippen molar-refractivity contribution in [1.29, 1.82) is 0 Å². The molecule has 1 aromatic heterocycles. The lowest BCUT2D eigenvalue weighted by Gasteiger charge is -2.15. The van der Waals surface area contributed by atoms with E-state index in [1.165, 1.54) is 25.3 Å². The molecule has 1 atom stereocenters. The normalized spacial score (nSPS) is 13.0. The fourth-order valence-corrected chi connectivity index (χ4v) is 4.16. The number of hydrogen-bond donors (Lipinski definition) is 2. The average Bonchev–Trinajstić information content (AvgIpc) is 3.83. The van der Waals surface area contributed by atoms with Gasteiger partial charge in [-0.3, -0.25) is 14.4 Å². The van der Waals surface area contributed by atoms with Gasteiger partial charge in [0.05, 0.1) is 7.11 Å². The number of aromatic nitrogens is 1. The highest BCUT2D eigenvalue weighted by atomic mass is 16.7. The SMILES string of the molecule is C=Cc1cc(C=O)c(-c2ccc(C(=O)NCC3CC3)nc2C(=O)OCOC(=O)C(N)Cc2ccccc2)cc1OC. The number of aldehydes is 1. The number of ether oxygens (including phenoxy) is 3. The van der Waals surface area contributed by atoms with Crippen LogP contribution in [0.3, 0.4) is 0 Å². The van der Waals surface area contributed by atoms with E-state index < -0.39 is 30.7 Å². The second-order valence-corrected chi connectivity index (χ2v) is 9.56. The van der Waals surface area contributed by atoms with Crippen LogP contribution in [-0.2, 0) is 20.7 Å². The van der Waals surface area contributed by atoms with Gasteiger partial charge in [-0.05, 0) is 60.6 Å². The van der Waals surface area contributed by atoms with Crippen LogP contribution in [0.2, 0.25) is 0 Å². The van der Waals surface area contributed by atoms with Gasteiger partial charge < -0.3 is 25.3 Å². The summed E-state index contributed by atoms with van der Waals surface area (Å²) in [5.41, 5.74) is 7.90. The maximum Gasteiger partial charge on any atom is 0.360 e. The van der Waals surface area contributed by atoms with E-state index in [1.54, 1.807) is 12.1 Å². The number of amides is 1. The van der Waals surface area contributed by atoms with Gasteiger partial charge in [-0.2, -0.15) is 0 Å². The summed E-state index contributed by atoms with van der Waals surface area (Å²) in [5, 5.41) is 2.81. The third kappa shape index (κ3) is 7.43. The lowest BCUT2D eigenvalue weighted by Crippen LogP contribution is -2.35. The molecular formula is C31H31N3O7. The van der Waals surface area contributed by atoms with Crippen LogP contribution in [0.25, 0.3) is 17.2 Å². The molecule has 10 nitrogen and oxygen atoms in total. The molecule has 0 aliphatic heterocycles. The molecule has 3 aromatic rings. The number of rotatable bonds is 13. The maximum atomic E-state index is 13.2. The third-order valence-electron chi connectivity index (χ3n) is 6.60. The molecule has 1 unspecified atom stereocenters. The number of nitrogens with one attached hydrogen (secondary N) is 1. The van der Waals surface area contributed by atoms with Crippen molar-refractivity contribution in [2.45, 2.75) is 25.3 Å². The van der Waals surface area contributed by atoms with E-state index >= 15 is 0 Å². The largest absolute Gasteiger partial charge is 0.496 e. The summed E-state index contributed by atoms with van der Waals surface area (Å²) in [6.45, 7) is 3.52. The molecule has 10 heteroatoms. The Morgan fingerprint density at radius 2 is 1.83 bits per heavy atom. The Hall–Kier alpha value is -4.83. The third-order valence-corrected chi connectivity index (χ3v) is 6.60. The Balaban J connectivity index is 1.57. The highest BCUT2D eigenvalue weighted by Crippen LogP contribution is 2.33. The number of nitrogens with zero attached hydrogens (tertiary/aromatic N) is 1. The molecule has 0 radical (unpaired) electrons. The lowest BCUT2D eigenvalue weighted by atomic mass is 9.95. The van der Waals surface area contributed by atoms with Crippen molar-refractivity contribution in [3.8, 4) is 16.9 Å². The molecule has 0 spiro atoms. The first kappa shape index (κ1) is 29.2. The van der Waals surface area contributed by atoms with Crippen LogP contribution >= 0.6 is 0 Å². The molecule has 1 amide bonds. The predicted molar refractivity (Wildman–Crippen MR) is 151 cm³/mol. The van der Waals surface area contributed by atoms with Crippen LogP contribution in [0.5, 0.6) is 5.75 Å². The van der Waals surface area contributed by atoms with Gasteiger partial charge in [0.2, 0.25) is 6.79 Å². The van der Waals surface area contributed by atoms with Gasteiger partial charge in [0.1, 0.15) is 17.5 Å². The highest BCUT2D eigenvalue weighted by Gasteiger charge is 2.25. The Bertz CT molecular complexity index is 1450. The topological polar surface area (TPSA) is 147 Å². The van der Waals surface area contributed by atoms with Gasteiger partial charge in [-0.15, -0.1) is 0 Å². The average molecular weight is 558 g/mol. The zero-order valence-electron chi connectivity index (χ0n) is 22.6. The van der Waals surface area contributed by atoms with E-state index in [1.807, 2.05) is 30.3 Å². The molecule has 212 valence electrons. The molecule has 41 heavy (non-hydrogen) atoms. The summed E-state index contributed by atoms with van der Waals surface area (Å²) >= 11 is 0. The first-order valence-electron chi connectivity index (χ1n) is 13.1. The molecule has 1 heterocycles. The van der Waals surface area contributed by atoms with Gasteiger partial charge in [0.25, 0.3) is 5.91 Å². The van der Waals surface area contributed by atoms with E-state index in [0.29, 0.717) is 35.6 Å². The Morgan fingerprint density at radius 3 is 2.49 bits per heavy atom. The van der Waals surface area contributed by atoms with Crippen molar-refractivity contribution < 1.29 is 33.4 Å². The van der Waals surface area contributed by atoms with Crippen molar-refractivity contribution in [2.75, 3.05) is 20.4 Å². The fraction of sp³-hybridized carbons (Fsp3) is 0.258. The minimum atomic E-state index is -0.968. The molecule has 4 rings (SSSR count). The molecule has 0 bridgehead atoms. The summed E-state index contributed by atoms with van der Waals surface area (Å²) in [5.74, 6) is -1.32. The Kier molecular flexibility index (Phi) is 9.60.